The molecular weight excluding hydrogens is 402 g/mol. The molecule has 3 heterocycles. The molecule has 172 valence electrons. The van der Waals surface area contributed by atoms with Gasteiger partial charge in [0.2, 0.25) is 5.91 Å². The van der Waals surface area contributed by atoms with Crippen molar-refractivity contribution in [2.75, 3.05) is 25.5 Å². The first-order valence-electron chi connectivity index (χ1n) is 11.8. The van der Waals surface area contributed by atoms with Crippen molar-refractivity contribution >= 4 is 11.7 Å². The topological polar surface area (TPSA) is 70.6 Å². The minimum atomic E-state index is -0.0455. The summed E-state index contributed by atoms with van der Waals surface area (Å²) >= 11 is 0. The first-order valence-corrected chi connectivity index (χ1v) is 11.8. The summed E-state index contributed by atoms with van der Waals surface area (Å²) < 4.78 is 6.00. The quantitative estimate of drug-likeness (QED) is 0.738. The molecule has 0 saturated carbocycles. The van der Waals surface area contributed by atoms with E-state index in [1.54, 1.807) is 6.92 Å². The van der Waals surface area contributed by atoms with Gasteiger partial charge in [0.1, 0.15) is 11.6 Å². The van der Waals surface area contributed by atoms with E-state index in [0.717, 1.165) is 74.0 Å². The number of para-hydroxylation sites is 1. The van der Waals surface area contributed by atoms with Crippen LogP contribution in [0.4, 0.5) is 5.82 Å². The van der Waals surface area contributed by atoms with Gasteiger partial charge in [-0.25, -0.2) is 9.97 Å². The summed E-state index contributed by atoms with van der Waals surface area (Å²) in [6.07, 6.45) is 4.09. The fourth-order valence-electron chi connectivity index (χ4n) is 4.65. The molecule has 7 nitrogen and oxygen atoms in total. The van der Waals surface area contributed by atoms with Gasteiger partial charge in [0.15, 0.2) is 5.82 Å². The molecule has 4 rings (SSSR count). The lowest BCUT2D eigenvalue weighted by Crippen LogP contribution is -2.38. The van der Waals surface area contributed by atoms with Gasteiger partial charge in [-0.1, -0.05) is 18.2 Å². The average Bonchev–Trinajstić information content (AvgIpc) is 2.77. The fraction of sp³-hybridized carbons (Fsp3) is 0.560. The van der Waals surface area contributed by atoms with Crippen LogP contribution in [0.3, 0.4) is 0 Å². The van der Waals surface area contributed by atoms with E-state index in [9.17, 15) is 4.79 Å². The molecule has 2 aromatic rings. The van der Waals surface area contributed by atoms with Crippen LogP contribution in [0.5, 0.6) is 5.75 Å². The molecular formula is C25H35N5O2. The van der Waals surface area contributed by atoms with Gasteiger partial charge in [-0.05, 0) is 52.6 Å². The highest BCUT2D eigenvalue weighted by molar-refractivity contribution is 5.73. The Labute approximate surface area is 191 Å². The van der Waals surface area contributed by atoms with Crippen molar-refractivity contribution in [1.82, 2.24) is 19.8 Å². The Morgan fingerprint density at radius 3 is 2.81 bits per heavy atom. The van der Waals surface area contributed by atoms with Crippen molar-refractivity contribution in [2.45, 2.75) is 71.7 Å². The van der Waals surface area contributed by atoms with E-state index in [0.29, 0.717) is 6.54 Å². The van der Waals surface area contributed by atoms with Crippen molar-refractivity contribution in [2.24, 2.45) is 0 Å². The molecule has 0 bridgehead atoms. The van der Waals surface area contributed by atoms with Gasteiger partial charge in [0.25, 0.3) is 0 Å². The number of hydrogen-bond acceptors (Lipinski definition) is 6. The lowest BCUT2D eigenvalue weighted by atomic mass is 10.00. The Balaban J connectivity index is 1.65. The summed E-state index contributed by atoms with van der Waals surface area (Å²) in [5, 5.41) is 3.59. The maximum Gasteiger partial charge on any atom is 0.220 e. The maximum atomic E-state index is 12.3. The van der Waals surface area contributed by atoms with Crippen molar-refractivity contribution < 1.29 is 9.53 Å². The molecule has 0 aliphatic carbocycles. The van der Waals surface area contributed by atoms with Crippen LogP contribution in [0.1, 0.15) is 68.7 Å². The number of fused-ring (bicyclic) bond motifs is 1. The first kappa shape index (κ1) is 22.5. The average molecular weight is 438 g/mol. The van der Waals surface area contributed by atoms with Crippen LogP contribution in [0.25, 0.3) is 0 Å². The van der Waals surface area contributed by atoms with Crippen molar-refractivity contribution in [3.05, 3.63) is 46.9 Å². The molecule has 0 spiro atoms. The predicted molar refractivity (Wildman–Crippen MR) is 126 cm³/mol. The number of aromatic nitrogens is 2. The van der Waals surface area contributed by atoms with Gasteiger partial charge in [0.05, 0.1) is 17.8 Å². The summed E-state index contributed by atoms with van der Waals surface area (Å²) in [7, 11) is 2.12. The minimum Gasteiger partial charge on any atom is -0.491 e. The number of anilines is 1. The van der Waals surface area contributed by atoms with Crippen LogP contribution < -0.4 is 10.1 Å². The summed E-state index contributed by atoms with van der Waals surface area (Å²) in [6, 6.07) is 8.09. The molecule has 1 saturated heterocycles. The molecule has 2 aliphatic rings. The zero-order valence-corrected chi connectivity index (χ0v) is 19.7. The lowest BCUT2D eigenvalue weighted by molar-refractivity contribution is -0.132. The number of carbonyl (C=O) groups excluding carboxylic acids is 1. The lowest BCUT2D eigenvalue weighted by Gasteiger charge is -2.35. The van der Waals surface area contributed by atoms with Gasteiger partial charge in [-0.2, -0.15) is 0 Å². The number of amides is 1. The maximum absolute atomic E-state index is 12.3. The molecule has 1 amide bonds. The van der Waals surface area contributed by atoms with Gasteiger partial charge in [-0.3, -0.25) is 4.79 Å². The predicted octanol–water partition coefficient (Wildman–Crippen LogP) is 3.94. The number of hydrogen-bond donors (Lipinski definition) is 1. The van der Waals surface area contributed by atoms with Crippen LogP contribution >= 0.6 is 0 Å². The number of nitrogens with one attached hydrogen (secondary N) is 1. The fourth-order valence-corrected chi connectivity index (χ4v) is 4.65. The molecule has 1 aromatic heterocycles. The van der Waals surface area contributed by atoms with Gasteiger partial charge in [0, 0.05) is 44.2 Å². The van der Waals surface area contributed by atoms with Crippen LogP contribution in [-0.2, 0) is 24.3 Å². The Morgan fingerprint density at radius 2 is 2.03 bits per heavy atom. The highest BCUT2D eigenvalue weighted by Gasteiger charge is 2.30. The van der Waals surface area contributed by atoms with Gasteiger partial charge < -0.3 is 19.9 Å². The molecule has 7 heteroatoms. The SMILES string of the molecule is CC(=O)N1CCCC[C@@H]1c1nc2c(c(NCc3ccccc3OC(C)C)n1)CCN(C)C2. The number of benzene rings is 1. The smallest absolute Gasteiger partial charge is 0.220 e. The van der Waals surface area contributed by atoms with Gasteiger partial charge >= 0.3 is 0 Å². The van der Waals surface area contributed by atoms with E-state index in [-0.39, 0.29) is 18.1 Å². The monoisotopic (exact) mass is 437 g/mol. The molecule has 1 fully saturated rings. The number of nitrogens with zero attached hydrogens (tertiary/aromatic N) is 4. The number of ether oxygens (including phenoxy) is 1. The molecule has 2 aliphatic heterocycles. The van der Waals surface area contributed by atoms with E-state index in [1.165, 1.54) is 5.56 Å². The van der Waals surface area contributed by atoms with Gasteiger partial charge in [-0.15, -0.1) is 0 Å². The molecule has 0 unspecified atom stereocenters. The zero-order chi connectivity index (χ0) is 22.7. The first-order chi connectivity index (χ1) is 15.4. The summed E-state index contributed by atoms with van der Waals surface area (Å²) in [5.74, 6) is 2.66. The Hall–Kier alpha value is -2.67. The van der Waals surface area contributed by atoms with Crippen molar-refractivity contribution in [1.29, 1.82) is 0 Å². The van der Waals surface area contributed by atoms with Crippen molar-refractivity contribution in [3.8, 4) is 5.75 Å². The molecule has 1 N–H and O–H groups in total. The van der Waals surface area contributed by atoms with E-state index in [4.69, 9.17) is 14.7 Å². The molecule has 32 heavy (non-hydrogen) atoms. The minimum absolute atomic E-state index is 0.0455. The molecule has 1 aromatic carbocycles. The van der Waals surface area contributed by atoms with Crippen LogP contribution in [-0.4, -0.2) is 51.9 Å². The molecule has 0 radical (unpaired) electrons. The van der Waals surface area contributed by atoms with Crippen LogP contribution in [0.15, 0.2) is 24.3 Å². The molecule has 1 atom stereocenters. The Morgan fingerprint density at radius 1 is 1.22 bits per heavy atom. The number of piperidine rings is 1. The number of rotatable bonds is 6. The Bertz CT molecular complexity index is 961. The Kier molecular flexibility index (Phi) is 6.94. The van der Waals surface area contributed by atoms with Crippen molar-refractivity contribution in [3.63, 3.8) is 0 Å². The van der Waals surface area contributed by atoms with E-state index < -0.39 is 0 Å². The third kappa shape index (κ3) is 5.04. The van der Waals surface area contributed by atoms with E-state index in [2.05, 4.69) is 23.3 Å². The third-order valence-electron chi connectivity index (χ3n) is 6.26. The van der Waals surface area contributed by atoms with E-state index >= 15 is 0 Å². The third-order valence-corrected chi connectivity index (χ3v) is 6.26. The second-order valence-electron chi connectivity index (χ2n) is 9.20. The normalized spacial score (nSPS) is 19.0. The number of likely N-dealkylation sites (N-methyl/N-ethyl adjacent to an activating group) is 1. The number of carbonyl (C=O) groups is 1. The second-order valence-corrected chi connectivity index (χ2v) is 9.20. The highest BCUT2D eigenvalue weighted by atomic mass is 16.5. The van der Waals surface area contributed by atoms with Crippen LogP contribution in [0.2, 0.25) is 0 Å². The standard InChI is InChI=1S/C25H35N5O2/c1-17(2)32-23-11-6-5-9-19(23)15-26-24-20-12-14-29(4)16-21(20)27-25(28-24)22-10-7-8-13-30(22)18(3)31/h5-6,9,11,17,22H,7-8,10,12-16H2,1-4H3,(H,26,27,28)/t22-/m1/s1. The summed E-state index contributed by atoms with van der Waals surface area (Å²) in [5.41, 5.74) is 3.37. The summed E-state index contributed by atoms with van der Waals surface area (Å²) in [4.78, 5) is 26.5. The highest BCUT2D eigenvalue weighted by Crippen LogP contribution is 2.32. The van der Waals surface area contributed by atoms with E-state index in [1.807, 2.05) is 36.9 Å². The van der Waals surface area contributed by atoms with Crippen LogP contribution in [0, 0.1) is 0 Å². The second kappa shape index (κ2) is 9.86. The summed E-state index contributed by atoms with van der Waals surface area (Å²) in [6.45, 7) is 8.93. The largest absolute Gasteiger partial charge is 0.491 e. The zero-order valence-electron chi connectivity index (χ0n) is 19.7. The number of likely N-dealkylation sites (tertiary alicyclic amines) is 1.